The van der Waals surface area contributed by atoms with E-state index in [1.54, 1.807) is 21.3 Å². The summed E-state index contributed by atoms with van der Waals surface area (Å²) in [7, 11) is 4.93. The summed E-state index contributed by atoms with van der Waals surface area (Å²) in [4.78, 5) is 0. The quantitative estimate of drug-likeness (QED) is 0.752. The fourth-order valence-corrected chi connectivity index (χ4v) is 2.46. The van der Waals surface area contributed by atoms with Crippen molar-refractivity contribution in [2.45, 2.75) is 39.7 Å². The molecule has 0 aliphatic rings. The van der Waals surface area contributed by atoms with Crippen molar-refractivity contribution in [1.29, 1.82) is 0 Å². The van der Waals surface area contributed by atoms with Gasteiger partial charge in [-0.1, -0.05) is 27.2 Å². The van der Waals surface area contributed by atoms with Crippen LogP contribution in [0.15, 0.2) is 12.1 Å². The van der Waals surface area contributed by atoms with E-state index in [0.717, 1.165) is 13.0 Å². The van der Waals surface area contributed by atoms with Crippen molar-refractivity contribution >= 4 is 0 Å². The Morgan fingerprint density at radius 1 is 1.00 bits per heavy atom. The molecule has 0 aliphatic carbocycles. The monoisotopic (exact) mass is 295 g/mol. The number of ether oxygens (including phenoxy) is 3. The van der Waals surface area contributed by atoms with Gasteiger partial charge in [0.2, 0.25) is 5.75 Å². The number of rotatable bonds is 9. The van der Waals surface area contributed by atoms with E-state index in [-0.39, 0.29) is 0 Å². The second-order valence-corrected chi connectivity index (χ2v) is 5.32. The fourth-order valence-electron chi connectivity index (χ4n) is 2.46. The molecule has 4 heteroatoms. The first-order valence-electron chi connectivity index (χ1n) is 7.64. The van der Waals surface area contributed by atoms with Crippen LogP contribution in [-0.2, 0) is 0 Å². The van der Waals surface area contributed by atoms with E-state index in [2.05, 4.69) is 26.1 Å². The van der Waals surface area contributed by atoms with Gasteiger partial charge in [0.05, 0.1) is 21.3 Å². The second-order valence-electron chi connectivity index (χ2n) is 5.32. The highest BCUT2D eigenvalue weighted by Crippen LogP contribution is 2.40. The molecule has 0 bridgehead atoms. The Labute approximate surface area is 128 Å². The van der Waals surface area contributed by atoms with E-state index in [4.69, 9.17) is 14.2 Å². The third kappa shape index (κ3) is 4.53. The van der Waals surface area contributed by atoms with Crippen LogP contribution in [0.4, 0.5) is 0 Å². The zero-order chi connectivity index (χ0) is 15.8. The summed E-state index contributed by atoms with van der Waals surface area (Å²) < 4.78 is 16.3. The van der Waals surface area contributed by atoms with Gasteiger partial charge in [0, 0.05) is 6.04 Å². The van der Waals surface area contributed by atoms with Crippen molar-refractivity contribution in [1.82, 2.24) is 5.32 Å². The number of hydrogen-bond donors (Lipinski definition) is 1. The van der Waals surface area contributed by atoms with Gasteiger partial charge < -0.3 is 19.5 Å². The van der Waals surface area contributed by atoms with Crippen molar-refractivity contribution < 1.29 is 14.2 Å². The van der Waals surface area contributed by atoms with Crippen LogP contribution in [0.1, 0.15) is 45.2 Å². The summed E-state index contributed by atoms with van der Waals surface area (Å²) in [5.41, 5.74) is 1.17. The highest BCUT2D eigenvalue weighted by molar-refractivity contribution is 5.54. The van der Waals surface area contributed by atoms with Gasteiger partial charge in [0.15, 0.2) is 11.5 Å². The molecule has 0 radical (unpaired) electrons. The molecule has 2 unspecified atom stereocenters. The average Bonchev–Trinajstić information content (AvgIpc) is 2.52. The molecule has 0 saturated carbocycles. The summed E-state index contributed by atoms with van der Waals surface area (Å²) >= 11 is 0. The smallest absolute Gasteiger partial charge is 0.203 e. The maximum absolute atomic E-state index is 5.45. The normalized spacial score (nSPS) is 13.6. The predicted octanol–water partition coefficient (Wildman–Crippen LogP) is 3.80. The summed E-state index contributed by atoms with van der Waals surface area (Å²) in [6.07, 6.45) is 2.26. The fraction of sp³-hybridized carbons (Fsp3) is 0.647. The molecule has 0 saturated heterocycles. The summed E-state index contributed by atoms with van der Waals surface area (Å²) in [6, 6.07) is 4.37. The lowest BCUT2D eigenvalue weighted by Crippen LogP contribution is -2.23. The zero-order valence-electron chi connectivity index (χ0n) is 14.2. The molecule has 4 nitrogen and oxygen atoms in total. The Hall–Kier alpha value is -1.42. The van der Waals surface area contributed by atoms with E-state index < -0.39 is 0 Å². The largest absolute Gasteiger partial charge is 0.493 e. The summed E-state index contributed by atoms with van der Waals surface area (Å²) in [5.74, 6) is 2.72. The van der Waals surface area contributed by atoms with Crippen LogP contribution < -0.4 is 19.5 Å². The molecule has 0 amide bonds. The molecular formula is C17H29NO3. The number of benzene rings is 1. The second kappa shape index (κ2) is 8.78. The van der Waals surface area contributed by atoms with Crippen molar-refractivity contribution in [3.63, 3.8) is 0 Å². The van der Waals surface area contributed by atoms with Crippen molar-refractivity contribution in [3.8, 4) is 17.2 Å². The SMILES string of the molecule is CCNC(CC(C)CC)c1cc(OC)c(OC)c(OC)c1. The Bertz CT molecular complexity index is 409. The van der Waals surface area contributed by atoms with Crippen LogP contribution in [0, 0.1) is 5.92 Å². The molecule has 1 aromatic carbocycles. The minimum absolute atomic E-state index is 0.290. The van der Waals surface area contributed by atoms with E-state index >= 15 is 0 Å². The van der Waals surface area contributed by atoms with Gasteiger partial charge in [-0.05, 0) is 36.6 Å². The lowest BCUT2D eigenvalue weighted by Gasteiger charge is -2.23. The molecule has 0 spiro atoms. The van der Waals surface area contributed by atoms with Crippen molar-refractivity contribution in [3.05, 3.63) is 17.7 Å². The molecule has 0 heterocycles. The predicted molar refractivity (Wildman–Crippen MR) is 86.6 cm³/mol. The van der Waals surface area contributed by atoms with Crippen LogP contribution in [0.25, 0.3) is 0 Å². The highest BCUT2D eigenvalue weighted by atomic mass is 16.5. The molecule has 2 atom stereocenters. The van der Waals surface area contributed by atoms with Crippen LogP contribution >= 0.6 is 0 Å². The first-order valence-corrected chi connectivity index (χ1v) is 7.64. The number of methoxy groups -OCH3 is 3. The van der Waals surface area contributed by atoms with Crippen LogP contribution in [0.5, 0.6) is 17.2 Å². The minimum Gasteiger partial charge on any atom is -0.493 e. The van der Waals surface area contributed by atoms with Crippen molar-refractivity contribution in [2.75, 3.05) is 27.9 Å². The van der Waals surface area contributed by atoms with Gasteiger partial charge in [-0.3, -0.25) is 0 Å². The minimum atomic E-state index is 0.290. The first-order chi connectivity index (χ1) is 10.1. The van der Waals surface area contributed by atoms with Gasteiger partial charge in [0.1, 0.15) is 0 Å². The molecule has 1 aromatic rings. The van der Waals surface area contributed by atoms with Gasteiger partial charge in [-0.2, -0.15) is 0 Å². The van der Waals surface area contributed by atoms with Crippen LogP contribution in [-0.4, -0.2) is 27.9 Å². The Morgan fingerprint density at radius 2 is 1.57 bits per heavy atom. The third-order valence-corrected chi connectivity index (χ3v) is 3.87. The Balaban J connectivity index is 3.18. The summed E-state index contributed by atoms with van der Waals surface area (Å²) in [6.45, 7) is 7.56. The molecule has 0 fully saturated rings. The average molecular weight is 295 g/mol. The Morgan fingerprint density at radius 3 is 1.95 bits per heavy atom. The summed E-state index contributed by atoms with van der Waals surface area (Å²) in [5, 5.41) is 3.55. The third-order valence-electron chi connectivity index (χ3n) is 3.87. The van der Waals surface area contributed by atoms with Crippen LogP contribution in [0.3, 0.4) is 0 Å². The Kier molecular flexibility index (Phi) is 7.37. The van der Waals surface area contributed by atoms with Crippen molar-refractivity contribution in [2.24, 2.45) is 5.92 Å². The van der Waals surface area contributed by atoms with E-state index in [1.807, 2.05) is 12.1 Å². The molecular weight excluding hydrogens is 266 g/mol. The maximum atomic E-state index is 5.45. The van der Waals surface area contributed by atoms with Gasteiger partial charge in [-0.15, -0.1) is 0 Å². The maximum Gasteiger partial charge on any atom is 0.203 e. The zero-order valence-corrected chi connectivity index (χ0v) is 14.2. The number of hydrogen-bond acceptors (Lipinski definition) is 4. The van der Waals surface area contributed by atoms with Gasteiger partial charge in [0.25, 0.3) is 0 Å². The standard InChI is InChI=1S/C17H29NO3/c1-7-12(3)9-14(18-8-2)13-10-15(19-4)17(21-6)16(11-13)20-5/h10-12,14,18H,7-9H2,1-6H3. The molecule has 0 aromatic heterocycles. The molecule has 1 rings (SSSR count). The topological polar surface area (TPSA) is 39.7 Å². The molecule has 21 heavy (non-hydrogen) atoms. The van der Waals surface area contributed by atoms with E-state index in [0.29, 0.717) is 29.2 Å². The molecule has 1 N–H and O–H groups in total. The highest BCUT2D eigenvalue weighted by Gasteiger charge is 2.19. The molecule has 0 aliphatic heterocycles. The lowest BCUT2D eigenvalue weighted by molar-refractivity contribution is 0.321. The van der Waals surface area contributed by atoms with E-state index in [1.165, 1.54) is 12.0 Å². The first kappa shape index (κ1) is 17.6. The van der Waals surface area contributed by atoms with Crippen LogP contribution in [0.2, 0.25) is 0 Å². The lowest BCUT2D eigenvalue weighted by atomic mass is 9.93. The molecule has 120 valence electrons. The van der Waals surface area contributed by atoms with E-state index in [9.17, 15) is 0 Å². The van der Waals surface area contributed by atoms with Gasteiger partial charge in [-0.25, -0.2) is 0 Å². The van der Waals surface area contributed by atoms with Gasteiger partial charge >= 0.3 is 0 Å². The number of nitrogens with one attached hydrogen (secondary N) is 1.